The van der Waals surface area contributed by atoms with Gasteiger partial charge in [0.2, 0.25) is 11.7 Å². The lowest BCUT2D eigenvalue weighted by Gasteiger charge is -2.30. The molecule has 3 aromatic rings. The SMILES string of the molecule is Cc1ccc(S(=O)(=O)NC(=O)N2CCC(c3nc(-c4cccs4)no3)CC2)cc1. The lowest BCUT2D eigenvalue weighted by Crippen LogP contribution is -2.46. The number of nitrogens with zero attached hydrogens (tertiary/aromatic N) is 3. The summed E-state index contributed by atoms with van der Waals surface area (Å²) in [7, 11) is -3.89. The van der Waals surface area contributed by atoms with Crippen molar-refractivity contribution in [2.24, 2.45) is 0 Å². The van der Waals surface area contributed by atoms with Crippen LogP contribution < -0.4 is 4.72 Å². The molecule has 0 spiro atoms. The van der Waals surface area contributed by atoms with E-state index in [9.17, 15) is 13.2 Å². The number of carbonyl (C=O) groups excluding carboxylic acids is 1. The van der Waals surface area contributed by atoms with Gasteiger partial charge in [0.1, 0.15) is 0 Å². The number of benzene rings is 1. The second-order valence-electron chi connectivity index (χ2n) is 6.92. The molecule has 0 bridgehead atoms. The number of likely N-dealkylation sites (tertiary alicyclic amines) is 1. The summed E-state index contributed by atoms with van der Waals surface area (Å²) >= 11 is 1.54. The van der Waals surface area contributed by atoms with E-state index in [-0.39, 0.29) is 10.8 Å². The predicted octanol–water partition coefficient (Wildman–Crippen LogP) is 3.38. The molecular formula is C19H20N4O4S2. The molecule has 152 valence electrons. The molecule has 1 aromatic carbocycles. The molecule has 0 atom stereocenters. The Bertz CT molecular complexity index is 1080. The molecule has 29 heavy (non-hydrogen) atoms. The van der Waals surface area contributed by atoms with Crippen LogP contribution in [0.25, 0.3) is 10.7 Å². The summed E-state index contributed by atoms with van der Waals surface area (Å²) in [6.07, 6.45) is 1.26. The van der Waals surface area contributed by atoms with Crippen molar-refractivity contribution in [3.8, 4) is 10.7 Å². The first kappa shape index (κ1) is 19.6. The number of amides is 2. The van der Waals surface area contributed by atoms with Gasteiger partial charge < -0.3 is 9.42 Å². The lowest BCUT2D eigenvalue weighted by atomic mass is 9.97. The summed E-state index contributed by atoms with van der Waals surface area (Å²) < 4.78 is 32.4. The maximum Gasteiger partial charge on any atom is 0.331 e. The number of piperidine rings is 1. The van der Waals surface area contributed by atoms with Gasteiger partial charge in [-0.15, -0.1) is 11.3 Å². The Balaban J connectivity index is 1.35. The quantitative estimate of drug-likeness (QED) is 0.677. The first-order valence-corrected chi connectivity index (χ1v) is 11.5. The van der Waals surface area contributed by atoms with Gasteiger partial charge in [0.15, 0.2) is 0 Å². The fraction of sp³-hybridized carbons (Fsp3) is 0.316. The van der Waals surface area contributed by atoms with Crippen LogP contribution in [0.4, 0.5) is 4.79 Å². The summed E-state index contributed by atoms with van der Waals surface area (Å²) in [6, 6.07) is 9.60. The summed E-state index contributed by atoms with van der Waals surface area (Å²) in [5, 5.41) is 5.98. The highest BCUT2D eigenvalue weighted by Gasteiger charge is 2.29. The number of urea groups is 1. The van der Waals surface area contributed by atoms with Gasteiger partial charge in [0.05, 0.1) is 9.77 Å². The fourth-order valence-corrected chi connectivity index (χ4v) is 4.81. The zero-order valence-electron chi connectivity index (χ0n) is 15.7. The van der Waals surface area contributed by atoms with Crippen molar-refractivity contribution in [3.05, 3.63) is 53.2 Å². The van der Waals surface area contributed by atoms with E-state index in [0.717, 1.165) is 10.4 Å². The van der Waals surface area contributed by atoms with E-state index in [1.54, 1.807) is 23.5 Å². The van der Waals surface area contributed by atoms with Crippen molar-refractivity contribution < 1.29 is 17.7 Å². The van der Waals surface area contributed by atoms with Gasteiger partial charge in [0.25, 0.3) is 10.0 Å². The van der Waals surface area contributed by atoms with Crippen molar-refractivity contribution in [2.75, 3.05) is 13.1 Å². The second kappa shape index (κ2) is 7.96. The van der Waals surface area contributed by atoms with Gasteiger partial charge >= 0.3 is 6.03 Å². The van der Waals surface area contributed by atoms with Crippen LogP contribution >= 0.6 is 11.3 Å². The van der Waals surface area contributed by atoms with E-state index in [1.165, 1.54) is 17.0 Å². The molecule has 1 saturated heterocycles. The second-order valence-corrected chi connectivity index (χ2v) is 9.55. The third-order valence-electron chi connectivity index (χ3n) is 4.87. The molecule has 0 saturated carbocycles. The molecule has 1 aliphatic rings. The van der Waals surface area contributed by atoms with Crippen LogP contribution in [-0.2, 0) is 10.0 Å². The molecule has 1 fully saturated rings. The number of thiophene rings is 1. The first-order chi connectivity index (χ1) is 13.9. The maximum atomic E-state index is 12.4. The molecule has 2 aromatic heterocycles. The van der Waals surface area contributed by atoms with Crippen LogP contribution in [0.5, 0.6) is 0 Å². The molecular weight excluding hydrogens is 412 g/mol. The Morgan fingerprint density at radius 3 is 2.59 bits per heavy atom. The highest BCUT2D eigenvalue weighted by Crippen LogP contribution is 2.29. The van der Waals surface area contributed by atoms with Gasteiger partial charge in [-0.1, -0.05) is 28.9 Å². The Morgan fingerprint density at radius 1 is 1.21 bits per heavy atom. The lowest BCUT2D eigenvalue weighted by molar-refractivity contribution is 0.180. The summed E-state index contributed by atoms with van der Waals surface area (Å²) in [4.78, 5) is 19.4. The number of hydrogen-bond acceptors (Lipinski definition) is 7. The average Bonchev–Trinajstić information content (AvgIpc) is 3.40. The van der Waals surface area contributed by atoms with Crippen LogP contribution in [0.2, 0.25) is 0 Å². The minimum atomic E-state index is -3.89. The summed E-state index contributed by atoms with van der Waals surface area (Å²) in [5.74, 6) is 1.18. The molecule has 1 aliphatic heterocycles. The normalized spacial score (nSPS) is 15.4. The Hall–Kier alpha value is -2.72. The fourth-order valence-electron chi connectivity index (χ4n) is 3.19. The predicted molar refractivity (Wildman–Crippen MR) is 108 cm³/mol. The van der Waals surface area contributed by atoms with E-state index < -0.39 is 16.1 Å². The van der Waals surface area contributed by atoms with Gasteiger partial charge in [-0.05, 0) is 43.3 Å². The van der Waals surface area contributed by atoms with E-state index in [0.29, 0.717) is 37.6 Å². The number of nitrogens with one attached hydrogen (secondary N) is 1. The number of sulfonamides is 1. The van der Waals surface area contributed by atoms with Crippen molar-refractivity contribution >= 4 is 27.4 Å². The molecule has 3 heterocycles. The van der Waals surface area contributed by atoms with Crippen LogP contribution in [-0.4, -0.2) is 42.6 Å². The minimum Gasteiger partial charge on any atom is -0.339 e. The van der Waals surface area contributed by atoms with E-state index in [4.69, 9.17) is 4.52 Å². The number of aromatic nitrogens is 2. The minimum absolute atomic E-state index is 0.0500. The monoisotopic (exact) mass is 432 g/mol. The molecule has 0 unspecified atom stereocenters. The third-order valence-corrected chi connectivity index (χ3v) is 7.07. The molecule has 0 radical (unpaired) electrons. The van der Waals surface area contributed by atoms with Crippen molar-refractivity contribution in [1.29, 1.82) is 0 Å². The summed E-state index contributed by atoms with van der Waals surface area (Å²) in [6.45, 7) is 2.69. The molecule has 8 nitrogen and oxygen atoms in total. The highest BCUT2D eigenvalue weighted by molar-refractivity contribution is 7.90. The van der Waals surface area contributed by atoms with Gasteiger partial charge in [0, 0.05) is 19.0 Å². The van der Waals surface area contributed by atoms with Crippen LogP contribution in [0, 0.1) is 6.92 Å². The topological polar surface area (TPSA) is 105 Å². The Kier molecular flexibility index (Phi) is 5.37. The standard InChI is InChI=1S/C19H20N4O4S2/c1-13-4-6-15(7-5-13)29(25,26)22-19(24)23-10-8-14(9-11-23)18-20-17(21-27-18)16-3-2-12-28-16/h2-7,12,14H,8-11H2,1H3,(H,22,24). The molecule has 1 N–H and O–H groups in total. The molecule has 10 heteroatoms. The largest absolute Gasteiger partial charge is 0.339 e. The molecule has 2 amide bonds. The number of carbonyl (C=O) groups is 1. The Labute approximate surface area is 172 Å². The smallest absolute Gasteiger partial charge is 0.331 e. The molecule has 0 aliphatic carbocycles. The van der Waals surface area contributed by atoms with Gasteiger partial charge in [-0.3, -0.25) is 0 Å². The maximum absolute atomic E-state index is 12.4. The van der Waals surface area contributed by atoms with Crippen molar-refractivity contribution in [1.82, 2.24) is 19.8 Å². The van der Waals surface area contributed by atoms with Crippen molar-refractivity contribution in [2.45, 2.75) is 30.6 Å². The van der Waals surface area contributed by atoms with Crippen LogP contribution in [0.1, 0.15) is 30.2 Å². The van der Waals surface area contributed by atoms with Crippen LogP contribution in [0.15, 0.2) is 51.2 Å². The third kappa shape index (κ3) is 4.33. The molecule has 4 rings (SSSR count). The number of hydrogen-bond donors (Lipinski definition) is 1. The zero-order chi connectivity index (χ0) is 20.4. The van der Waals surface area contributed by atoms with Gasteiger partial charge in [-0.25, -0.2) is 17.9 Å². The number of aryl methyl sites for hydroxylation is 1. The zero-order valence-corrected chi connectivity index (χ0v) is 17.4. The van der Waals surface area contributed by atoms with E-state index in [1.807, 2.05) is 24.4 Å². The highest BCUT2D eigenvalue weighted by atomic mass is 32.2. The average molecular weight is 433 g/mol. The van der Waals surface area contributed by atoms with Crippen molar-refractivity contribution in [3.63, 3.8) is 0 Å². The van der Waals surface area contributed by atoms with E-state index in [2.05, 4.69) is 14.9 Å². The number of rotatable bonds is 4. The first-order valence-electron chi connectivity index (χ1n) is 9.18. The summed E-state index contributed by atoms with van der Waals surface area (Å²) in [5.41, 5.74) is 0.945. The van der Waals surface area contributed by atoms with Gasteiger partial charge in [-0.2, -0.15) is 4.98 Å². The van der Waals surface area contributed by atoms with E-state index >= 15 is 0 Å². The Morgan fingerprint density at radius 2 is 1.93 bits per heavy atom. The van der Waals surface area contributed by atoms with Crippen LogP contribution in [0.3, 0.4) is 0 Å².